The third-order valence-electron chi connectivity index (χ3n) is 5.81. The highest BCUT2D eigenvalue weighted by Crippen LogP contribution is 2.29. The van der Waals surface area contributed by atoms with Crippen molar-refractivity contribution in [1.29, 1.82) is 0 Å². The lowest BCUT2D eigenvalue weighted by Crippen LogP contribution is -2.26. The molecule has 1 fully saturated rings. The summed E-state index contributed by atoms with van der Waals surface area (Å²) in [4.78, 5) is 12.5. The van der Waals surface area contributed by atoms with Gasteiger partial charge in [0.05, 0.1) is 28.6 Å². The van der Waals surface area contributed by atoms with Gasteiger partial charge in [0.25, 0.3) is 0 Å². The second kappa shape index (κ2) is 8.63. The van der Waals surface area contributed by atoms with Crippen molar-refractivity contribution in [2.75, 3.05) is 13.3 Å². The van der Waals surface area contributed by atoms with E-state index in [9.17, 15) is 8.42 Å². The first-order chi connectivity index (χ1) is 13.2. The van der Waals surface area contributed by atoms with Gasteiger partial charge in [0.1, 0.15) is 0 Å². The number of hydrogen-bond acceptors (Lipinski definition) is 6. The van der Waals surface area contributed by atoms with Crippen molar-refractivity contribution in [1.82, 2.24) is 19.4 Å². The Kier molecular flexibility index (Phi) is 6.61. The van der Waals surface area contributed by atoms with Crippen molar-refractivity contribution in [3.05, 3.63) is 27.5 Å². The maximum atomic E-state index is 12.3. The van der Waals surface area contributed by atoms with E-state index in [0.29, 0.717) is 12.5 Å². The molecular weight excluding hydrogens is 392 g/mol. The standard InChI is InChI=1S/C20H32N4O2S2/c1-14(19-15(2)27-16(3)22-19)23(4)13-18-11-21-20(28(5,25)26)24(18)12-17-9-7-6-8-10-17/h11,14,17H,6-10,12-13H2,1-5H3/t14-/m0/s1. The zero-order valence-corrected chi connectivity index (χ0v) is 19.2. The van der Waals surface area contributed by atoms with Gasteiger partial charge in [0.15, 0.2) is 0 Å². The number of sulfone groups is 1. The largest absolute Gasteiger partial charge is 0.317 e. The molecule has 156 valence electrons. The minimum Gasteiger partial charge on any atom is -0.317 e. The Morgan fingerprint density at radius 2 is 1.96 bits per heavy atom. The summed E-state index contributed by atoms with van der Waals surface area (Å²) >= 11 is 1.72. The lowest BCUT2D eigenvalue weighted by molar-refractivity contribution is 0.235. The minimum atomic E-state index is -3.35. The first kappa shape index (κ1) is 21.5. The molecular formula is C20H32N4O2S2. The average Bonchev–Trinajstić information content (AvgIpc) is 3.17. The Morgan fingerprint density at radius 1 is 1.29 bits per heavy atom. The smallest absolute Gasteiger partial charge is 0.227 e. The van der Waals surface area contributed by atoms with Gasteiger partial charge in [-0.3, -0.25) is 4.90 Å². The summed E-state index contributed by atoms with van der Waals surface area (Å²) in [5.74, 6) is 0.536. The molecule has 1 aliphatic carbocycles. The highest BCUT2D eigenvalue weighted by Gasteiger charge is 2.25. The summed E-state index contributed by atoms with van der Waals surface area (Å²) in [5, 5.41) is 1.28. The fourth-order valence-corrected chi connectivity index (χ4v) is 5.92. The molecule has 2 aromatic heterocycles. The maximum absolute atomic E-state index is 12.3. The Labute approximate surface area is 172 Å². The number of thiazole rings is 1. The van der Waals surface area contributed by atoms with Crippen molar-refractivity contribution >= 4 is 21.2 Å². The normalized spacial score (nSPS) is 17.4. The zero-order chi connectivity index (χ0) is 20.5. The Hall–Kier alpha value is -1.25. The molecule has 3 rings (SSSR count). The zero-order valence-electron chi connectivity index (χ0n) is 17.6. The van der Waals surface area contributed by atoms with E-state index in [2.05, 4.69) is 30.8 Å². The van der Waals surface area contributed by atoms with Gasteiger partial charge in [-0.25, -0.2) is 18.4 Å². The molecule has 0 saturated heterocycles. The van der Waals surface area contributed by atoms with Crippen molar-refractivity contribution in [3.8, 4) is 0 Å². The summed E-state index contributed by atoms with van der Waals surface area (Å²) in [5.41, 5.74) is 2.07. The quantitative estimate of drug-likeness (QED) is 0.668. The van der Waals surface area contributed by atoms with Gasteiger partial charge in [-0.15, -0.1) is 11.3 Å². The van der Waals surface area contributed by atoms with Crippen molar-refractivity contribution in [2.24, 2.45) is 5.92 Å². The van der Waals surface area contributed by atoms with Gasteiger partial charge in [-0.2, -0.15) is 0 Å². The molecule has 0 N–H and O–H groups in total. The molecule has 0 spiro atoms. The summed E-state index contributed by atoms with van der Waals surface area (Å²) in [6, 6.07) is 0.157. The first-order valence-electron chi connectivity index (χ1n) is 10.1. The van der Waals surface area contributed by atoms with E-state index in [-0.39, 0.29) is 11.2 Å². The van der Waals surface area contributed by atoms with Crippen LogP contribution >= 0.6 is 11.3 Å². The fraction of sp³-hybridized carbons (Fsp3) is 0.700. The van der Waals surface area contributed by atoms with Gasteiger partial charge in [-0.05, 0) is 46.6 Å². The molecule has 1 saturated carbocycles. The van der Waals surface area contributed by atoms with E-state index < -0.39 is 9.84 Å². The van der Waals surface area contributed by atoms with Crippen LogP contribution in [0.1, 0.15) is 66.3 Å². The van der Waals surface area contributed by atoms with Crippen molar-refractivity contribution in [3.63, 3.8) is 0 Å². The van der Waals surface area contributed by atoms with Crippen LogP contribution in [0, 0.1) is 19.8 Å². The van der Waals surface area contributed by atoms with E-state index in [1.54, 1.807) is 17.5 Å². The van der Waals surface area contributed by atoms with Crippen LogP contribution in [0.3, 0.4) is 0 Å². The average molecular weight is 425 g/mol. The van der Waals surface area contributed by atoms with Gasteiger partial charge in [0.2, 0.25) is 15.0 Å². The highest BCUT2D eigenvalue weighted by atomic mass is 32.2. The summed E-state index contributed by atoms with van der Waals surface area (Å²) in [6.07, 6.45) is 9.10. The summed E-state index contributed by atoms with van der Waals surface area (Å²) < 4.78 is 26.5. The van der Waals surface area contributed by atoms with Crippen LogP contribution in [0.5, 0.6) is 0 Å². The van der Waals surface area contributed by atoms with Crippen LogP contribution in [0.15, 0.2) is 11.4 Å². The SMILES string of the molecule is Cc1nc([C@H](C)N(C)Cc2cnc(S(C)(=O)=O)n2CC2CCCCC2)c(C)s1. The highest BCUT2D eigenvalue weighted by molar-refractivity contribution is 7.90. The third kappa shape index (κ3) is 4.83. The molecule has 6 nitrogen and oxygen atoms in total. The van der Waals surface area contributed by atoms with Crippen molar-refractivity contribution in [2.45, 2.75) is 77.2 Å². The van der Waals surface area contributed by atoms with E-state index in [1.807, 2.05) is 11.5 Å². The molecule has 0 unspecified atom stereocenters. The Balaban J connectivity index is 1.84. The van der Waals surface area contributed by atoms with Crippen LogP contribution in [-0.4, -0.2) is 41.2 Å². The molecule has 0 aliphatic heterocycles. The van der Waals surface area contributed by atoms with Crippen LogP contribution in [0.25, 0.3) is 0 Å². The first-order valence-corrected chi connectivity index (χ1v) is 12.8. The van der Waals surface area contributed by atoms with Gasteiger partial charge in [0, 0.05) is 24.2 Å². The predicted molar refractivity (Wildman–Crippen MR) is 113 cm³/mol. The maximum Gasteiger partial charge on any atom is 0.227 e. The van der Waals surface area contributed by atoms with E-state index in [4.69, 9.17) is 4.98 Å². The molecule has 28 heavy (non-hydrogen) atoms. The van der Waals surface area contributed by atoms with Crippen molar-refractivity contribution < 1.29 is 8.42 Å². The number of imidazole rings is 1. The summed E-state index contributed by atoms with van der Waals surface area (Å²) in [7, 11) is -1.29. The van der Waals surface area contributed by atoms with Crippen LogP contribution < -0.4 is 0 Å². The van der Waals surface area contributed by atoms with E-state index in [0.717, 1.165) is 22.9 Å². The molecule has 0 radical (unpaired) electrons. The molecule has 2 aromatic rings. The van der Waals surface area contributed by atoms with Gasteiger partial charge >= 0.3 is 0 Å². The number of hydrogen-bond donors (Lipinski definition) is 0. The number of rotatable bonds is 7. The van der Waals surface area contributed by atoms with Crippen LogP contribution in [-0.2, 0) is 22.9 Å². The second-order valence-electron chi connectivity index (χ2n) is 8.18. The number of aromatic nitrogens is 3. The van der Waals surface area contributed by atoms with Gasteiger partial charge in [-0.1, -0.05) is 19.3 Å². The third-order valence-corrected chi connectivity index (χ3v) is 7.70. The van der Waals surface area contributed by atoms with Crippen LogP contribution in [0.4, 0.5) is 0 Å². The molecule has 0 bridgehead atoms. The van der Waals surface area contributed by atoms with Crippen LogP contribution in [0.2, 0.25) is 0 Å². The minimum absolute atomic E-state index is 0.157. The number of nitrogens with zero attached hydrogens (tertiary/aromatic N) is 4. The monoisotopic (exact) mass is 424 g/mol. The van der Waals surface area contributed by atoms with E-state index >= 15 is 0 Å². The lowest BCUT2D eigenvalue weighted by Gasteiger charge is -2.27. The molecule has 0 amide bonds. The van der Waals surface area contributed by atoms with E-state index in [1.165, 1.54) is 43.2 Å². The summed E-state index contributed by atoms with van der Waals surface area (Å²) in [6.45, 7) is 7.69. The topological polar surface area (TPSA) is 68.1 Å². The predicted octanol–water partition coefficient (Wildman–Crippen LogP) is 4.13. The fourth-order valence-electron chi connectivity index (χ4n) is 4.17. The molecule has 8 heteroatoms. The van der Waals surface area contributed by atoms with Gasteiger partial charge < -0.3 is 4.57 Å². The Bertz CT molecular complexity index is 911. The lowest BCUT2D eigenvalue weighted by atomic mass is 9.89. The second-order valence-corrected chi connectivity index (χ2v) is 11.5. The molecule has 1 atom stereocenters. The molecule has 2 heterocycles. The molecule has 1 aliphatic rings. The Morgan fingerprint density at radius 3 is 2.54 bits per heavy atom. The molecule has 0 aromatic carbocycles. The number of aryl methyl sites for hydroxylation is 2.